The summed E-state index contributed by atoms with van der Waals surface area (Å²) in [6.07, 6.45) is 4.58. The summed E-state index contributed by atoms with van der Waals surface area (Å²) in [5, 5.41) is 5.21. The lowest BCUT2D eigenvalue weighted by molar-refractivity contribution is -0.129. The zero-order valence-corrected chi connectivity index (χ0v) is 10.8. The number of rotatable bonds is 7. The summed E-state index contributed by atoms with van der Waals surface area (Å²) in [4.78, 5) is 22.1. The van der Waals surface area contributed by atoms with Crippen LogP contribution in [0.3, 0.4) is 0 Å². The van der Waals surface area contributed by atoms with E-state index in [4.69, 9.17) is 0 Å². The first-order valence-corrected chi connectivity index (χ1v) is 4.83. The summed E-state index contributed by atoms with van der Waals surface area (Å²) >= 11 is 0. The van der Waals surface area contributed by atoms with Crippen molar-refractivity contribution in [2.45, 2.75) is 26.7 Å². The third-order valence-electron chi connectivity index (χ3n) is 1.56. The van der Waals surface area contributed by atoms with E-state index in [9.17, 15) is 9.59 Å². The van der Waals surface area contributed by atoms with Crippen LogP contribution >= 0.6 is 0 Å². The van der Waals surface area contributed by atoms with Gasteiger partial charge in [-0.1, -0.05) is 0 Å². The Balaban J connectivity index is -0.000000845. The van der Waals surface area contributed by atoms with Crippen molar-refractivity contribution in [1.82, 2.24) is 10.6 Å². The van der Waals surface area contributed by atoms with Gasteiger partial charge in [0.15, 0.2) is 13.1 Å². The van der Waals surface area contributed by atoms with Crippen molar-refractivity contribution < 1.29 is 9.59 Å². The van der Waals surface area contributed by atoms with E-state index in [1.807, 2.05) is 26.7 Å². The van der Waals surface area contributed by atoms with E-state index in [0.29, 0.717) is 13.1 Å². The minimum Gasteiger partial charge on any atom is -0.358 e. The second-order valence-corrected chi connectivity index (χ2v) is 2.89. The van der Waals surface area contributed by atoms with E-state index < -0.39 is 0 Å². The highest BCUT2D eigenvalue weighted by atomic mass is 16.2. The average Bonchev–Trinajstić information content (AvgIpc) is 2.15. The van der Waals surface area contributed by atoms with Gasteiger partial charge in [0.05, 0.1) is 26.2 Å². The molecule has 0 aliphatic rings. The van der Waals surface area contributed by atoms with Crippen molar-refractivity contribution in [3.8, 4) is 0 Å². The molecule has 94 valence electrons. The molecule has 0 rings (SSSR count). The van der Waals surface area contributed by atoms with Crippen molar-refractivity contribution >= 4 is 11.8 Å². The smallest absolute Gasteiger partial charge is 0.232 e. The molecular weight excluding hydrogens is 204 g/mol. The standard InChI is InChI=1S/C10H16N2O2.2CH3/c1-3-5-7-12-10(14)8-9(13)11-6-4-2;;/h4-5H,3,6-8H2,1-2H3;2*1H3/q;2*-1/p+2. The molecule has 0 unspecified atom stereocenters. The zero-order chi connectivity index (χ0) is 10.8. The van der Waals surface area contributed by atoms with Crippen molar-refractivity contribution in [1.29, 1.82) is 0 Å². The van der Waals surface area contributed by atoms with Crippen LogP contribution in [0.1, 0.15) is 26.7 Å². The van der Waals surface area contributed by atoms with E-state index in [1.165, 1.54) is 0 Å². The summed E-state index contributed by atoms with van der Waals surface area (Å²) in [6.45, 7) is 4.88. The predicted molar refractivity (Wildman–Crippen MR) is 68.0 cm³/mol. The highest BCUT2D eigenvalue weighted by Crippen LogP contribution is 1.84. The van der Waals surface area contributed by atoms with Crippen molar-refractivity contribution in [3.63, 3.8) is 0 Å². The molecule has 4 nitrogen and oxygen atoms in total. The molecule has 0 aliphatic heterocycles. The minimum atomic E-state index is -0.239. The lowest BCUT2D eigenvalue weighted by Gasteiger charge is -2.00. The molecule has 0 aliphatic carbocycles. The average molecular weight is 228 g/mol. The Morgan fingerprint density at radius 3 is 2.00 bits per heavy atom. The van der Waals surface area contributed by atoms with Crippen LogP contribution in [0.4, 0.5) is 0 Å². The molecule has 0 saturated heterocycles. The largest absolute Gasteiger partial charge is 0.358 e. The second kappa shape index (κ2) is 13.7. The normalized spacial score (nSPS) is 7.88. The lowest BCUT2D eigenvalue weighted by atomic mass is 10.3. The maximum atomic E-state index is 11.1. The maximum Gasteiger partial charge on any atom is 0.232 e. The van der Waals surface area contributed by atoms with Gasteiger partial charge in [0, 0.05) is 0 Å². The minimum absolute atomic E-state index is 0. The third kappa shape index (κ3) is 12.7. The van der Waals surface area contributed by atoms with Crippen LogP contribution in [-0.4, -0.2) is 24.9 Å². The van der Waals surface area contributed by atoms with E-state index in [0.717, 1.165) is 6.42 Å². The maximum absolute atomic E-state index is 11.1. The highest BCUT2D eigenvalue weighted by Gasteiger charge is 2.09. The van der Waals surface area contributed by atoms with Crippen LogP contribution in [0.2, 0.25) is 0 Å². The predicted octanol–water partition coefficient (Wildman–Crippen LogP) is 1.35. The first-order valence-electron chi connectivity index (χ1n) is 4.83. The topological polar surface area (TPSA) is 58.2 Å². The number of carbonyl (C=O) groups excluding carboxylic acids is 2. The Morgan fingerprint density at radius 2 is 1.56 bits per heavy atom. The molecule has 0 saturated carbocycles. The van der Waals surface area contributed by atoms with E-state index in [1.54, 1.807) is 0 Å². The summed E-state index contributed by atoms with van der Waals surface area (Å²) in [5.74, 6) is -0.472. The number of hydrogen-bond donors (Lipinski definition) is 2. The Labute approximate surface area is 100 Å². The summed E-state index contributed by atoms with van der Waals surface area (Å²) in [6, 6.07) is 0. The Bertz CT molecular complexity index is 182. The van der Waals surface area contributed by atoms with Crippen LogP contribution in [0, 0.1) is 27.7 Å². The Kier molecular flexibility index (Phi) is 17.2. The van der Waals surface area contributed by atoms with Gasteiger partial charge in [0.2, 0.25) is 11.8 Å². The molecule has 2 N–H and O–H groups in total. The zero-order valence-electron chi connectivity index (χ0n) is 10.8. The molecule has 0 fully saturated rings. The molecule has 0 radical (unpaired) electrons. The van der Waals surface area contributed by atoms with Gasteiger partial charge < -0.3 is 25.5 Å². The number of amides is 2. The van der Waals surface area contributed by atoms with Gasteiger partial charge in [-0.2, -0.15) is 0 Å². The SMILES string of the molecule is C[CH+]CNC(=O)CC(=O)NC[CH+]CC.[CH3-].[CH3-]. The van der Waals surface area contributed by atoms with E-state index in [-0.39, 0.29) is 33.1 Å². The number of hydrogen-bond acceptors (Lipinski definition) is 2. The van der Waals surface area contributed by atoms with Gasteiger partial charge >= 0.3 is 0 Å². The molecule has 0 heterocycles. The molecule has 0 spiro atoms. The molecule has 0 aromatic carbocycles. The first-order chi connectivity index (χ1) is 6.70. The lowest BCUT2D eigenvalue weighted by Crippen LogP contribution is -2.32. The van der Waals surface area contributed by atoms with Gasteiger partial charge in [0.25, 0.3) is 0 Å². The summed E-state index contributed by atoms with van der Waals surface area (Å²) in [7, 11) is 0. The van der Waals surface area contributed by atoms with Crippen molar-refractivity contribution in [2.24, 2.45) is 0 Å². The molecule has 16 heavy (non-hydrogen) atoms. The number of unbranched alkanes of at least 4 members (excludes halogenated alkanes) is 1. The molecule has 0 atom stereocenters. The van der Waals surface area contributed by atoms with Gasteiger partial charge in [-0.15, -0.1) is 0 Å². The quantitative estimate of drug-likeness (QED) is 0.392. The number of carbonyl (C=O) groups is 2. The molecule has 0 aromatic heterocycles. The van der Waals surface area contributed by atoms with E-state index in [2.05, 4.69) is 10.6 Å². The van der Waals surface area contributed by atoms with Gasteiger partial charge in [-0.05, 0) is 6.92 Å². The van der Waals surface area contributed by atoms with Gasteiger partial charge in [-0.3, -0.25) is 9.59 Å². The summed E-state index contributed by atoms with van der Waals surface area (Å²) in [5.41, 5.74) is 0. The fraction of sp³-hybridized carbons (Fsp3) is 0.500. The van der Waals surface area contributed by atoms with E-state index >= 15 is 0 Å². The molecule has 0 bridgehead atoms. The Hall–Kier alpha value is -1.32. The van der Waals surface area contributed by atoms with Gasteiger partial charge in [-0.25, -0.2) is 0 Å². The number of nitrogens with one attached hydrogen (secondary N) is 2. The van der Waals surface area contributed by atoms with Crippen LogP contribution < -0.4 is 10.6 Å². The van der Waals surface area contributed by atoms with Crippen LogP contribution in [0.5, 0.6) is 0 Å². The van der Waals surface area contributed by atoms with Crippen molar-refractivity contribution in [2.75, 3.05) is 13.1 Å². The Morgan fingerprint density at radius 1 is 1.06 bits per heavy atom. The molecule has 4 heteroatoms. The molecule has 2 amide bonds. The highest BCUT2D eigenvalue weighted by molar-refractivity contribution is 5.96. The summed E-state index contributed by atoms with van der Waals surface area (Å²) < 4.78 is 0. The molecule has 0 aromatic rings. The second-order valence-electron chi connectivity index (χ2n) is 2.89. The monoisotopic (exact) mass is 228 g/mol. The first kappa shape index (κ1) is 20.1. The molecular formula is C12H24N2O2. The fourth-order valence-electron chi connectivity index (χ4n) is 0.817. The van der Waals surface area contributed by atoms with Gasteiger partial charge in [0.1, 0.15) is 6.42 Å². The van der Waals surface area contributed by atoms with Crippen LogP contribution in [0.25, 0.3) is 0 Å². The third-order valence-corrected chi connectivity index (χ3v) is 1.56. The van der Waals surface area contributed by atoms with Crippen LogP contribution in [-0.2, 0) is 9.59 Å². The van der Waals surface area contributed by atoms with Crippen molar-refractivity contribution in [3.05, 3.63) is 27.7 Å². The fourth-order valence-corrected chi connectivity index (χ4v) is 0.817. The van der Waals surface area contributed by atoms with Crippen LogP contribution in [0.15, 0.2) is 0 Å².